The van der Waals surface area contributed by atoms with Crippen molar-refractivity contribution < 1.29 is 13.9 Å². The van der Waals surface area contributed by atoms with E-state index in [4.69, 9.17) is 9.15 Å². The highest BCUT2D eigenvalue weighted by atomic mass is 16.5. The minimum Gasteiger partial charge on any atom is -0.465 e. The number of fused-ring (bicyclic) bond motifs is 1. The zero-order chi connectivity index (χ0) is 16.4. The lowest BCUT2D eigenvalue weighted by Crippen LogP contribution is -2.42. The molecule has 0 amide bonds. The maximum atomic E-state index is 11.9. The fourth-order valence-electron chi connectivity index (χ4n) is 3.39. The number of ether oxygens (including phenoxy) is 1. The molecule has 5 heteroatoms. The summed E-state index contributed by atoms with van der Waals surface area (Å²) in [6.07, 6.45) is 2.26. The van der Waals surface area contributed by atoms with Crippen molar-refractivity contribution in [2.75, 3.05) is 31.6 Å². The van der Waals surface area contributed by atoms with Crippen molar-refractivity contribution in [1.82, 2.24) is 5.32 Å². The number of piperidine rings is 1. The molecule has 2 aromatic rings. The van der Waals surface area contributed by atoms with Crippen LogP contribution in [0.1, 0.15) is 35.9 Å². The van der Waals surface area contributed by atoms with Gasteiger partial charge in [-0.2, -0.15) is 0 Å². The van der Waals surface area contributed by atoms with Crippen LogP contribution in [-0.4, -0.2) is 38.8 Å². The third kappa shape index (κ3) is 3.06. The lowest BCUT2D eigenvalue weighted by atomic mass is 10.0. The number of anilines is 1. The zero-order valence-corrected chi connectivity index (χ0v) is 14.0. The van der Waals surface area contributed by atoms with Gasteiger partial charge in [-0.1, -0.05) is 6.92 Å². The minimum absolute atomic E-state index is 0.359. The fourth-order valence-corrected chi connectivity index (χ4v) is 3.39. The molecule has 0 radical (unpaired) electrons. The summed E-state index contributed by atoms with van der Waals surface area (Å²) in [5.41, 5.74) is 2.25. The number of methoxy groups -OCH3 is 1. The van der Waals surface area contributed by atoms with E-state index in [0.29, 0.717) is 17.2 Å². The fraction of sp³-hybridized carbons (Fsp3) is 0.500. The first-order chi connectivity index (χ1) is 11.1. The molecule has 1 aliphatic heterocycles. The maximum Gasteiger partial charge on any atom is 0.341 e. The molecule has 1 fully saturated rings. The Hall–Kier alpha value is -2.01. The lowest BCUT2D eigenvalue weighted by molar-refractivity contribution is 0.0601. The quantitative estimate of drug-likeness (QED) is 0.878. The predicted molar refractivity (Wildman–Crippen MR) is 91.2 cm³/mol. The second-order valence-corrected chi connectivity index (χ2v) is 6.04. The van der Waals surface area contributed by atoms with E-state index >= 15 is 0 Å². The van der Waals surface area contributed by atoms with E-state index in [0.717, 1.165) is 49.3 Å². The van der Waals surface area contributed by atoms with Crippen LogP contribution in [0, 0.1) is 6.92 Å². The summed E-state index contributed by atoms with van der Waals surface area (Å²) < 4.78 is 10.6. The van der Waals surface area contributed by atoms with Crippen LogP contribution in [0.15, 0.2) is 22.6 Å². The number of benzene rings is 1. The highest BCUT2D eigenvalue weighted by molar-refractivity contribution is 6.06. The summed E-state index contributed by atoms with van der Waals surface area (Å²) in [7, 11) is 1.39. The first kappa shape index (κ1) is 15.9. The Balaban J connectivity index is 1.92. The summed E-state index contributed by atoms with van der Waals surface area (Å²) in [5.74, 6) is 0.446. The topological polar surface area (TPSA) is 54.7 Å². The molecule has 124 valence electrons. The number of rotatable bonds is 4. The van der Waals surface area contributed by atoms with Crippen LogP contribution in [0.2, 0.25) is 0 Å². The molecular formula is C18H24N2O3. The molecule has 23 heavy (non-hydrogen) atoms. The van der Waals surface area contributed by atoms with Crippen molar-refractivity contribution >= 4 is 22.6 Å². The second kappa shape index (κ2) is 6.62. The molecule has 0 unspecified atom stereocenters. The van der Waals surface area contributed by atoms with Crippen molar-refractivity contribution in [2.45, 2.75) is 32.7 Å². The van der Waals surface area contributed by atoms with Gasteiger partial charge < -0.3 is 19.4 Å². The smallest absolute Gasteiger partial charge is 0.341 e. The number of carbonyl (C=O) groups excluding carboxylic acids is 1. The van der Waals surface area contributed by atoms with Crippen LogP contribution in [0.4, 0.5) is 5.69 Å². The van der Waals surface area contributed by atoms with Crippen molar-refractivity contribution in [1.29, 1.82) is 0 Å². The van der Waals surface area contributed by atoms with E-state index in [1.54, 1.807) is 0 Å². The maximum absolute atomic E-state index is 11.9. The molecule has 0 bridgehead atoms. The molecule has 1 aliphatic rings. The summed E-state index contributed by atoms with van der Waals surface area (Å²) in [6, 6.07) is 6.43. The van der Waals surface area contributed by atoms with Crippen LogP contribution < -0.4 is 10.2 Å². The van der Waals surface area contributed by atoms with Crippen LogP contribution in [-0.2, 0) is 4.74 Å². The van der Waals surface area contributed by atoms with Gasteiger partial charge in [-0.25, -0.2) is 4.79 Å². The largest absolute Gasteiger partial charge is 0.465 e. The average Bonchev–Trinajstić information content (AvgIpc) is 2.95. The molecule has 1 N–H and O–H groups in total. The molecule has 5 nitrogen and oxygen atoms in total. The molecule has 1 saturated heterocycles. The number of carbonyl (C=O) groups is 1. The van der Waals surface area contributed by atoms with Gasteiger partial charge in [-0.15, -0.1) is 0 Å². The van der Waals surface area contributed by atoms with E-state index in [-0.39, 0.29) is 5.97 Å². The van der Waals surface area contributed by atoms with Gasteiger partial charge >= 0.3 is 5.97 Å². The zero-order valence-electron chi connectivity index (χ0n) is 14.0. The average molecular weight is 316 g/mol. The van der Waals surface area contributed by atoms with Crippen molar-refractivity contribution in [3.8, 4) is 0 Å². The number of nitrogens with one attached hydrogen (secondary N) is 1. The highest BCUT2D eigenvalue weighted by Gasteiger charge is 2.23. The number of hydrogen-bond donors (Lipinski definition) is 1. The summed E-state index contributed by atoms with van der Waals surface area (Å²) >= 11 is 0. The first-order valence-electron chi connectivity index (χ1n) is 8.23. The monoisotopic (exact) mass is 316 g/mol. The first-order valence-corrected chi connectivity index (χ1v) is 8.23. The number of furan rings is 1. The molecule has 1 aromatic carbocycles. The summed E-state index contributed by atoms with van der Waals surface area (Å²) in [6.45, 7) is 7.09. The summed E-state index contributed by atoms with van der Waals surface area (Å²) in [4.78, 5) is 14.3. The lowest BCUT2D eigenvalue weighted by Gasteiger charge is -2.34. The Morgan fingerprint density at radius 2 is 2.13 bits per heavy atom. The Bertz CT molecular complexity index is 700. The number of nitrogens with zero attached hydrogens (tertiary/aromatic N) is 1. The van der Waals surface area contributed by atoms with Gasteiger partial charge in [0, 0.05) is 30.2 Å². The van der Waals surface area contributed by atoms with Crippen molar-refractivity contribution in [3.63, 3.8) is 0 Å². The Morgan fingerprint density at radius 1 is 1.39 bits per heavy atom. The third-order valence-corrected chi connectivity index (χ3v) is 4.52. The van der Waals surface area contributed by atoms with E-state index in [2.05, 4.69) is 17.1 Å². The van der Waals surface area contributed by atoms with Crippen molar-refractivity contribution in [3.05, 3.63) is 29.5 Å². The molecule has 3 rings (SSSR count). The van der Waals surface area contributed by atoms with Crippen LogP contribution in [0.5, 0.6) is 0 Å². The van der Waals surface area contributed by atoms with E-state index < -0.39 is 0 Å². The Morgan fingerprint density at radius 3 is 2.78 bits per heavy atom. The van der Waals surface area contributed by atoms with Gasteiger partial charge in [-0.3, -0.25) is 0 Å². The van der Waals surface area contributed by atoms with Gasteiger partial charge in [0.2, 0.25) is 0 Å². The minimum atomic E-state index is -0.359. The Labute approximate surface area is 136 Å². The molecule has 0 aliphatic carbocycles. The van der Waals surface area contributed by atoms with Crippen LogP contribution in [0.3, 0.4) is 0 Å². The molecule has 1 aromatic heterocycles. The molecule has 0 saturated carbocycles. The molecule has 0 spiro atoms. The van der Waals surface area contributed by atoms with Gasteiger partial charge in [0.15, 0.2) is 5.58 Å². The van der Waals surface area contributed by atoms with Crippen molar-refractivity contribution in [2.24, 2.45) is 0 Å². The molecule has 0 atom stereocenters. The standard InChI is InChI=1S/C18H24N2O3/c1-4-19-13-7-9-20(10-8-13)16-6-5-14(18(21)22-3)17-15(16)11-12(2)23-17/h5-6,11,13,19H,4,7-10H2,1-3H3. The molecule has 2 heterocycles. The van der Waals surface area contributed by atoms with E-state index in [9.17, 15) is 4.79 Å². The summed E-state index contributed by atoms with van der Waals surface area (Å²) in [5, 5.41) is 4.52. The highest BCUT2D eigenvalue weighted by Crippen LogP contribution is 2.34. The Kier molecular flexibility index (Phi) is 4.57. The van der Waals surface area contributed by atoms with E-state index in [1.165, 1.54) is 7.11 Å². The van der Waals surface area contributed by atoms with Gasteiger partial charge in [0.05, 0.1) is 7.11 Å². The number of esters is 1. The van der Waals surface area contributed by atoms with Crippen LogP contribution in [0.25, 0.3) is 11.0 Å². The van der Waals surface area contributed by atoms with Gasteiger partial charge in [0.1, 0.15) is 11.3 Å². The third-order valence-electron chi connectivity index (χ3n) is 4.52. The second-order valence-electron chi connectivity index (χ2n) is 6.04. The van der Waals surface area contributed by atoms with Crippen LogP contribution >= 0.6 is 0 Å². The van der Waals surface area contributed by atoms with Gasteiger partial charge in [0.25, 0.3) is 0 Å². The normalized spacial score (nSPS) is 16.0. The predicted octanol–water partition coefficient (Wildman–Crippen LogP) is 3.11. The number of aryl methyl sites for hydroxylation is 1. The van der Waals surface area contributed by atoms with E-state index in [1.807, 2.05) is 25.1 Å². The molecular weight excluding hydrogens is 292 g/mol. The van der Waals surface area contributed by atoms with Gasteiger partial charge in [-0.05, 0) is 44.5 Å². The SMILES string of the molecule is CCNC1CCN(c2ccc(C(=O)OC)c3oc(C)cc23)CC1. The number of hydrogen-bond acceptors (Lipinski definition) is 5.